The van der Waals surface area contributed by atoms with E-state index in [-0.39, 0.29) is 0 Å². The number of hydrogen-bond acceptors (Lipinski definition) is 3. The van der Waals surface area contributed by atoms with Gasteiger partial charge in [-0.1, -0.05) is 12.1 Å². The van der Waals surface area contributed by atoms with E-state index in [4.69, 9.17) is 5.73 Å². The Kier molecular flexibility index (Phi) is 2.47. The van der Waals surface area contributed by atoms with Gasteiger partial charge in [0.2, 0.25) is 0 Å². The summed E-state index contributed by atoms with van der Waals surface area (Å²) in [6.45, 7) is 1.91. The number of pyridine rings is 2. The van der Waals surface area contributed by atoms with E-state index < -0.39 is 5.54 Å². The van der Waals surface area contributed by atoms with E-state index in [9.17, 15) is 0 Å². The molecule has 0 unspecified atom stereocenters. The second kappa shape index (κ2) is 3.79. The summed E-state index contributed by atoms with van der Waals surface area (Å²) in [7, 11) is 0. The third kappa shape index (κ3) is 1.87. The highest BCUT2D eigenvalue weighted by atomic mass is 14.9. The molecule has 76 valence electrons. The lowest BCUT2D eigenvalue weighted by Crippen LogP contribution is -2.36. The van der Waals surface area contributed by atoms with Gasteiger partial charge in [-0.2, -0.15) is 0 Å². The van der Waals surface area contributed by atoms with Crippen LogP contribution in [0.4, 0.5) is 0 Å². The van der Waals surface area contributed by atoms with Crippen molar-refractivity contribution in [2.75, 3.05) is 0 Å². The third-order valence-electron chi connectivity index (χ3n) is 2.39. The molecule has 0 saturated carbocycles. The van der Waals surface area contributed by atoms with Crippen LogP contribution in [0.25, 0.3) is 0 Å². The topological polar surface area (TPSA) is 51.8 Å². The minimum absolute atomic E-state index is 0.636. The Hall–Kier alpha value is -1.74. The monoisotopic (exact) mass is 199 g/mol. The Labute approximate surface area is 89.0 Å². The van der Waals surface area contributed by atoms with Crippen molar-refractivity contribution in [3.05, 3.63) is 60.2 Å². The van der Waals surface area contributed by atoms with Crippen molar-refractivity contribution in [3.63, 3.8) is 0 Å². The van der Waals surface area contributed by atoms with Crippen LogP contribution in [-0.2, 0) is 5.54 Å². The fourth-order valence-electron chi connectivity index (χ4n) is 1.47. The van der Waals surface area contributed by atoms with E-state index in [0.29, 0.717) is 0 Å². The van der Waals surface area contributed by atoms with Gasteiger partial charge in [-0.15, -0.1) is 0 Å². The first kappa shape index (κ1) is 9.80. The van der Waals surface area contributed by atoms with Crippen molar-refractivity contribution in [1.29, 1.82) is 0 Å². The Bertz CT molecular complexity index is 382. The Balaban J connectivity index is 2.44. The van der Waals surface area contributed by atoms with Crippen molar-refractivity contribution >= 4 is 0 Å². The maximum absolute atomic E-state index is 6.23. The first-order chi connectivity index (χ1) is 7.21. The zero-order chi connectivity index (χ0) is 10.7. The van der Waals surface area contributed by atoms with E-state index in [1.165, 1.54) is 0 Å². The zero-order valence-corrected chi connectivity index (χ0v) is 8.59. The van der Waals surface area contributed by atoms with Crippen molar-refractivity contribution in [2.45, 2.75) is 12.5 Å². The van der Waals surface area contributed by atoms with Crippen molar-refractivity contribution in [1.82, 2.24) is 9.97 Å². The smallest absolute Gasteiger partial charge is 0.0982 e. The molecule has 0 saturated heterocycles. The number of hydrogen-bond donors (Lipinski definition) is 1. The Morgan fingerprint density at radius 2 is 1.40 bits per heavy atom. The lowest BCUT2D eigenvalue weighted by Gasteiger charge is -2.23. The van der Waals surface area contributed by atoms with Crippen molar-refractivity contribution in [2.24, 2.45) is 5.73 Å². The van der Waals surface area contributed by atoms with Crippen LogP contribution in [0.5, 0.6) is 0 Å². The highest BCUT2D eigenvalue weighted by Gasteiger charge is 2.25. The van der Waals surface area contributed by atoms with Crippen LogP contribution in [0.1, 0.15) is 18.3 Å². The van der Waals surface area contributed by atoms with Crippen molar-refractivity contribution in [3.8, 4) is 0 Å². The highest BCUT2D eigenvalue weighted by molar-refractivity contribution is 5.27. The minimum Gasteiger partial charge on any atom is -0.315 e. The molecular formula is C12H13N3. The maximum atomic E-state index is 6.23. The quantitative estimate of drug-likeness (QED) is 0.800. The summed E-state index contributed by atoms with van der Waals surface area (Å²) in [5.74, 6) is 0. The van der Waals surface area contributed by atoms with Gasteiger partial charge in [-0.25, -0.2) is 0 Å². The molecule has 0 radical (unpaired) electrons. The molecule has 0 spiro atoms. The van der Waals surface area contributed by atoms with Gasteiger partial charge in [0.1, 0.15) is 0 Å². The van der Waals surface area contributed by atoms with Crippen molar-refractivity contribution < 1.29 is 0 Å². The number of rotatable bonds is 2. The molecule has 3 heteroatoms. The summed E-state index contributed by atoms with van der Waals surface area (Å²) in [5.41, 5.74) is 7.24. The molecule has 15 heavy (non-hydrogen) atoms. The van der Waals surface area contributed by atoms with E-state index in [1.807, 2.05) is 43.3 Å². The van der Waals surface area contributed by atoms with Crippen LogP contribution < -0.4 is 5.73 Å². The molecule has 2 aromatic heterocycles. The summed E-state index contributed by atoms with van der Waals surface area (Å²) in [5, 5.41) is 0. The lowest BCUT2D eigenvalue weighted by atomic mass is 9.94. The molecule has 0 aliphatic rings. The second-order valence-corrected chi connectivity index (χ2v) is 3.63. The normalized spacial score (nSPS) is 11.3. The molecule has 0 bridgehead atoms. The van der Waals surface area contributed by atoms with Crippen LogP contribution in [-0.4, -0.2) is 9.97 Å². The summed E-state index contributed by atoms with van der Waals surface area (Å²) in [6.07, 6.45) is 3.48. The van der Waals surface area contributed by atoms with Crippen LogP contribution in [0.2, 0.25) is 0 Å². The molecule has 0 aliphatic heterocycles. The predicted molar refractivity (Wildman–Crippen MR) is 59.1 cm³/mol. The van der Waals surface area contributed by atoms with E-state index in [1.54, 1.807) is 12.4 Å². The first-order valence-corrected chi connectivity index (χ1v) is 4.83. The molecule has 2 aromatic rings. The molecule has 0 aromatic carbocycles. The Morgan fingerprint density at radius 3 is 1.73 bits per heavy atom. The zero-order valence-electron chi connectivity index (χ0n) is 8.59. The largest absolute Gasteiger partial charge is 0.315 e. The average molecular weight is 199 g/mol. The fraction of sp³-hybridized carbons (Fsp3) is 0.167. The van der Waals surface area contributed by atoms with E-state index >= 15 is 0 Å². The molecule has 0 atom stereocenters. The second-order valence-electron chi connectivity index (χ2n) is 3.63. The predicted octanol–water partition coefficient (Wildman–Crippen LogP) is 1.70. The highest BCUT2D eigenvalue weighted by Crippen LogP contribution is 2.22. The molecule has 0 aliphatic carbocycles. The van der Waals surface area contributed by atoms with Gasteiger partial charge >= 0.3 is 0 Å². The van der Waals surface area contributed by atoms with Gasteiger partial charge in [0, 0.05) is 12.4 Å². The number of nitrogens with zero attached hydrogens (tertiary/aromatic N) is 2. The minimum atomic E-state index is -0.636. The summed E-state index contributed by atoms with van der Waals surface area (Å²) in [6, 6.07) is 11.4. The summed E-state index contributed by atoms with van der Waals surface area (Å²) < 4.78 is 0. The van der Waals surface area contributed by atoms with E-state index in [0.717, 1.165) is 11.4 Å². The van der Waals surface area contributed by atoms with E-state index in [2.05, 4.69) is 9.97 Å². The molecule has 2 rings (SSSR count). The molecule has 0 fully saturated rings. The van der Waals surface area contributed by atoms with Gasteiger partial charge in [0.05, 0.1) is 16.9 Å². The lowest BCUT2D eigenvalue weighted by molar-refractivity contribution is 0.562. The van der Waals surface area contributed by atoms with Gasteiger partial charge in [-0.3, -0.25) is 9.97 Å². The van der Waals surface area contributed by atoms with Gasteiger partial charge in [-0.05, 0) is 31.2 Å². The number of aromatic nitrogens is 2. The van der Waals surface area contributed by atoms with Gasteiger partial charge < -0.3 is 5.73 Å². The van der Waals surface area contributed by atoms with Crippen LogP contribution in [0.15, 0.2) is 48.8 Å². The van der Waals surface area contributed by atoms with Crippen LogP contribution >= 0.6 is 0 Å². The molecular weight excluding hydrogens is 186 g/mol. The van der Waals surface area contributed by atoms with Crippen LogP contribution in [0, 0.1) is 0 Å². The fourth-order valence-corrected chi connectivity index (χ4v) is 1.47. The maximum Gasteiger partial charge on any atom is 0.0982 e. The SMILES string of the molecule is CC(N)(c1ccccn1)c1ccccn1. The Morgan fingerprint density at radius 1 is 0.933 bits per heavy atom. The third-order valence-corrected chi connectivity index (χ3v) is 2.39. The first-order valence-electron chi connectivity index (χ1n) is 4.83. The van der Waals surface area contributed by atoms with Gasteiger partial charge in [0.25, 0.3) is 0 Å². The van der Waals surface area contributed by atoms with Crippen LogP contribution in [0.3, 0.4) is 0 Å². The summed E-state index contributed by atoms with van der Waals surface area (Å²) >= 11 is 0. The molecule has 2 N–H and O–H groups in total. The van der Waals surface area contributed by atoms with Gasteiger partial charge in [0.15, 0.2) is 0 Å². The molecule has 2 heterocycles. The molecule has 3 nitrogen and oxygen atoms in total. The standard InChI is InChI=1S/C12H13N3/c1-12(13,10-6-2-4-8-14-10)11-7-3-5-9-15-11/h2-9H,13H2,1H3. The number of nitrogens with two attached hydrogens (primary N) is 1. The average Bonchev–Trinajstić information content (AvgIpc) is 2.31. The summed E-state index contributed by atoms with van der Waals surface area (Å²) in [4.78, 5) is 8.52. The molecule has 0 amide bonds.